The van der Waals surface area contributed by atoms with Crippen LogP contribution in [-0.4, -0.2) is 25.4 Å². The number of hydrogen-bond donors (Lipinski definition) is 2. The molecule has 0 fully saturated rings. The topological polar surface area (TPSA) is 52.0 Å². The molecular formula is C42H46Br2N2P2. The molecule has 0 radical (unpaired) electrons. The average molecular weight is 801 g/mol. The molecule has 6 aromatic rings. The zero-order valence-corrected chi connectivity index (χ0v) is 32.3. The van der Waals surface area contributed by atoms with Crippen molar-refractivity contribution in [3.8, 4) is 0 Å². The molecule has 0 saturated heterocycles. The van der Waals surface area contributed by atoms with Gasteiger partial charge in [0.25, 0.3) is 0 Å². The van der Waals surface area contributed by atoms with E-state index in [2.05, 4.69) is 213 Å². The molecule has 0 heterocycles. The summed E-state index contributed by atoms with van der Waals surface area (Å²) in [6.07, 6.45) is 3.98. The maximum absolute atomic E-state index is 5.93. The first-order chi connectivity index (χ1) is 23.4. The summed E-state index contributed by atoms with van der Waals surface area (Å²) in [7, 11) is 0. The maximum atomic E-state index is 5.93. The molecule has 6 heteroatoms. The molecular weight excluding hydrogens is 754 g/mol. The molecule has 0 aliphatic heterocycles. The van der Waals surface area contributed by atoms with Gasteiger partial charge >= 0.3 is 305 Å². The Labute approximate surface area is 303 Å². The summed E-state index contributed by atoms with van der Waals surface area (Å²) in [4.78, 5) is 0. The minimum absolute atomic E-state index is 0.690. The Morgan fingerprint density at radius 3 is 0.625 bits per heavy atom. The summed E-state index contributed by atoms with van der Waals surface area (Å²) >= 11 is 8.79. The van der Waals surface area contributed by atoms with E-state index in [1.807, 2.05) is 0 Å². The van der Waals surface area contributed by atoms with E-state index in [9.17, 15) is 0 Å². The Morgan fingerprint density at radius 1 is 0.312 bits per heavy atom. The van der Waals surface area contributed by atoms with E-state index in [4.69, 9.17) is 11.5 Å². The van der Waals surface area contributed by atoms with Crippen LogP contribution in [0.3, 0.4) is 0 Å². The summed E-state index contributed by atoms with van der Waals surface area (Å²) in [6, 6.07) is 65.1. The fraction of sp³-hybridized carbons (Fsp3) is 0.143. The van der Waals surface area contributed by atoms with E-state index in [0.717, 1.165) is 25.2 Å². The summed E-state index contributed by atoms with van der Waals surface area (Å²) in [5, 5.41) is 2.70. The number of nitrogens with two attached hydrogens (primary N) is 2. The van der Waals surface area contributed by atoms with Crippen molar-refractivity contribution >= 4 is 73.4 Å². The first kappa shape index (κ1) is 36.3. The van der Waals surface area contributed by atoms with Gasteiger partial charge in [-0.1, -0.05) is 0 Å². The molecule has 0 aliphatic rings. The molecule has 0 atom stereocenters. The van der Waals surface area contributed by atoms with Crippen molar-refractivity contribution in [3.05, 3.63) is 182 Å². The Kier molecular flexibility index (Phi) is 12.2. The summed E-state index contributed by atoms with van der Waals surface area (Å²) in [5.74, 6) is 0. The molecule has 6 aromatic carbocycles. The van der Waals surface area contributed by atoms with Gasteiger partial charge in [0.2, 0.25) is 0 Å². The van der Waals surface area contributed by atoms with Crippen molar-refractivity contribution < 1.29 is 0 Å². The van der Waals surface area contributed by atoms with Crippen LogP contribution in [0.15, 0.2) is 182 Å². The van der Waals surface area contributed by atoms with Gasteiger partial charge in [-0.2, -0.15) is 0 Å². The molecule has 0 saturated carbocycles. The van der Waals surface area contributed by atoms with Gasteiger partial charge in [0.05, 0.1) is 0 Å². The molecule has 2 nitrogen and oxygen atoms in total. The van der Waals surface area contributed by atoms with Crippen molar-refractivity contribution in [2.75, 3.05) is 25.4 Å². The van der Waals surface area contributed by atoms with Gasteiger partial charge in [-0.15, -0.1) is 0 Å². The van der Waals surface area contributed by atoms with E-state index >= 15 is 0 Å². The van der Waals surface area contributed by atoms with Gasteiger partial charge in [-0.3, -0.25) is 0 Å². The number of benzene rings is 6. The third kappa shape index (κ3) is 6.90. The van der Waals surface area contributed by atoms with Crippen LogP contribution in [0.4, 0.5) is 0 Å². The second kappa shape index (κ2) is 16.2. The monoisotopic (exact) mass is 798 g/mol. The van der Waals surface area contributed by atoms with Crippen molar-refractivity contribution in [2.24, 2.45) is 11.5 Å². The van der Waals surface area contributed by atoms with Crippen molar-refractivity contribution in [1.82, 2.24) is 0 Å². The quantitative estimate of drug-likeness (QED) is 0.122. The van der Waals surface area contributed by atoms with E-state index in [-0.39, 0.29) is 0 Å². The van der Waals surface area contributed by atoms with Gasteiger partial charge in [-0.05, 0) is 0 Å². The van der Waals surface area contributed by atoms with E-state index in [0.29, 0.717) is 13.1 Å². The van der Waals surface area contributed by atoms with Gasteiger partial charge in [0, 0.05) is 0 Å². The Hall–Kier alpha value is -2.94. The third-order valence-corrected chi connectivity index (χ3v) is 29.4. The van der Waals surface area contributed by atoms with Crippen LogP contribution in [0, 0.1) is 0 Å². The Bertz CT molecular complexity index is 1490. The van der Waals surface area contributed by atoms with Crippen molar-refractivity contribution in [2.45, 2.75) is 12.8 Å². The number of rotatable bonds is 12. The van der Waals surface area contributed by atoms with Crippen molar-refractivity contribution in [1.29, 1.82) is 0 Å². The SMILES string of the molecule is NCCCP(Br)(c1ccccc1)(c1ccccc1)c1ccccc1.NCCCP(Br)(c1ccccc1)(c1ccccc1)c1ccccc1. The minimum atomic E-state index is -2.72. The molecule has 0 spiro atoms. The first-order valence-electron chi connectivity index (χ1n) is 16.6. The predicted octanol–water partition coefficient (Wildman–Crippen LogP) is 8.35. The molecule has 0 aromatic heterocycles. The van der Waals surface area contributed by atoms with Crippen LogP contribution in [0.25, 0.3) is 0 Å². The van der Waals surface area contributed by atoms with Crippen LogP contribution >= 0.6 is 41.6 Å². The van der Waals surface area contributed by atoms with Gasteiger partial charge in [0.1, 0.15) is 0 Å². The van der Waals surface area contributed by atoms with Crippen LogP contribution in [0.1, 0.15) is 12.8 Å². The molecule has 0 amide bonds. The molecule has 0 aliphatic carbocycles. The van der Waals surface area contributed by atoms with Crippen LogP contribution in [0.2, 0.25) is 0 Å². The molecule has 0 bridgehead atoms. The first-order valence-corrected chi connectivity index (χ1v) is 25.5. The summed E-state index contributed by atoms with van der Waals surface area (Å²) in [5.41, 5.74) is 11.9. The zero-order valence-electron chi connectivity index (χ0n) is 27.4. The molecule has 4 N–H and O–H groups in total. The zero-order chi connectivity index (χ0) is 33.8. The van der Waals surface area contributed by atoms with Crippen LogP contribution in [-0.2, 0) is 0 Å². The molecule has 0 unspecified atom stereocenters. The average Bonchev–Trinajstić information content (AvgIpc) is 3.18. The van der Waals surface area contributed by atoms with Gasteiger partial charge in [-0.25, -0.2) is 0 Å². The standard InChI is InChI=1S/2C21H23BrNP/c2*22-24(18-10-17-23,19-11-4-1-5-12-19,20-13-6-2-7-14-20)21-15-8-3-9-16-21/h2*1-9,11-16H,10,17-18,23H2. The fourth-order valence-electron chi connectivity index (χ4n) is 6.88. The van der Waals surface area contributed by atoms with E-state index < -0.39 is 10.6 Å². The third-order valence-electron chi connectivity index (χ3n) is 9.33. The second-order valence-electron chi connectivity index (χ2n) is 12.1. The van der Waals surface area contributed by atoms with E-state index in [1.54, 1.807) is 0 Å². The molecule has 48 heavy (non-hydrogen) atoms. The Morgan fingerprint density at radius 2 is 0.479 bits per heavy atom. The molecule has 6 rings (SSSR count). The van der Waals surface area contributed by atoms with Gasteiger partial charge in [0.15, 0.2) is 0 Å². The van der Waals surface area contributed by atoms with Crippen LogP contribution in [0.5, 0.6) is 0 Å². The van der Waals surface area contributed by atoms with E-state index in [1.165, 1.54) is 31.8 Å². The number of hydrogen-bond acceptors (Lipinski definition) is 2. The summed E-state index contributed by atoms with van der Waals surface area (Å²) < 4.78 is 0. The fourth-order valence-corrected chi connectivity index (χ4v) is 22.3. The Balaban J connectivity index is 0.000000188. The van der Waals surface area contributed by atoms with Gasteiger partial charge < -0.3 is 0 Å². The normalized spacial score (nSPS) is 13.2. The summed E-state index contributed by atoms with van der Waals surface area (Å²) in [6.45, 7) is 1.38. The van der Waals surface area contributed by atoms with Crippen LogP contribution < -0.4 is 43.3 Å². The van der Waals surface area contributed by atoms with Crippen molar-refractivity contribution in [3.63, 3.8) is 0 Å². The predicted molar refractivity (Wildman–Crippen MR) is 225 cm³/mol. The molecule has 248 valence electrons. The number of halogens is 2. The second-order valence-corrected chi connectivity index (χ2v) is 30.2.